The number of hydrogen-bond donors (Lipinski definition) is 3. The zero-order valence-electron chi connectivity index (χ0n) is 12.4. The Morgan fingerprint density at radius 2 is 2.13 bits per heavy atom. The van der Waals surface area contributed by atoms with E-state index < -0.39 is 0 Å². The molecule has 2 aromatic carbocycles. The van der Waals surface area contributed by atoms with Gasteiger partial charge in [0.2, 0.25) is 0 Å². The number of carbonyl (C=O) groups excluding carboxylic acids is 1. The van der Waals surface area contributed by atoms with Gasteiger partial charge in [0, 0.05) is 17.3 Å². The van der Waals surface area contributed by atoms with Crippen LogP contribution in [0.15, 0.2) is 53.8 Å². The fourth-order valence-corrected chi connectivity index (χ4v) is 2.19. The lowest BCUT2D eigenvalue weighted by Crippen LogP contribution is -2.17. The number of ether oxygens (including phenoxy) is 1. The van der Waals surface area contributed by atoms with E-state index in [1.54, 1.807) is 24.3 Å². The monoisotopic (exact) mass is 309 g/mol. The Morgan fingerprint density at radius 3 is 2.96 bits per heavy atom. The molecule has 6 heteroatoms. The van der Waals surface area contributed by atoms with Crippen molar-refractivity contribution >= 4 is 23.0 Å². The first-order valence-electron chi connectivity index (χ1n) is 6.95. The number of phenols is 1. The first-order valence-corrected chi connectivity index (χ1v) is 6.95. The average molecular weight is 309 g/mol. The SMILES string of the molecule is COc1cc(C=NNC(=O)c2ccc3cc[nH]c3c2)ccc1O. The number of aromatic hydroxyl groups is 1. The predicted molar refractivity (Wildman–Crippen MR) is 88.0 cm³/mol. The molecule has 6 nitrogen and oxygen atoms in total. The number of phenolic OH excluding ortho intramolecular Hbond substituents is 1. The Morgan fingerprint density at radius 1 is 1.26 bits per heavy atom. The van der Waals surface area contributed by atoms with Crippen LogP contribution in [-0.4, -0.2) is 29.3 Å². The van der Waals surface area contributed by atoms with Crippen LogP contribution in [0.1, 0.15) is 15.9 Å². The van der Waals surface area contributed by atoms with Gasteiger partial charge in [0.1, 0.15) is 0 Å². The molecule has 0 saturated carbocycles. The van der Waals surface area contributed by atoms with Gasteiger partial charge in [0.15, 0.2) is 11.5 Å². The van der Waals surface area contributed by atoms with Crippen molar-refractivity contribution in [3.63, 3.8) is 0 Å². The van der Waals surface area contributed by atoms with Gasteiger partial charge >= 0.3 is 0 Å². The summed E-state index contributed by atoms with van der Waals surface area (Å²) < 4.78 is 5.01. The van der Waals surface area contributed by atoms with Crippen LogP contribution >= 0.6 is 0 Å². The third-order valence-electron chi connectivity index (χ3n) is 3.40. The van der Waals surface area contributed by atoms with Crippen LogP contribution in [0.3, 0.4) is 0 Å². The molecule has 1 heterocycles. The van der Waals surface area contributed by atoms with Crippen LogP contribution in [-0.2, 0) is 0 Å². The highest BCUT2D eigenvalue weighted by Crippen LogP contribution is 2.25. The summed E-state index contributed by atoms with van der Waals surface area (Å²) in [5.41, 5.74) is 4.57. The first-order chi connectivity index (χ1) is 11.2. The van der Waals surface area contributed by atoms with Crippen LogP contribution in [0.5, 0.6) is 11.5 Å². The molecule has 0 fully saturated rings. The molecule has 3 rings (SSSR count). The van der Waals surface area contributed by atoms with E-state index >= 15 is 0 Å². The molecule has 0 unspecified atom stereocenters. The van der Waals surface area contributed by atoms with Crippen LogP contribution in [0.2, 0.25) is 0 Å². The van der Waals surface area contributed by atoms with Crippen molar-refractivity contribution in [2.45, 2.75) is 0 Å². The van der Waals surface area contributed by atoms with Crippen LogP contribution in [0, 0.1) is 0 Å². The fourth-order valence-electron chi connectivity index (χ4n) is 2.19. The third kappa shape index (κ3) is 3.16. The van der Waals surface area contributed by atoms with Gasteiger partial charge in [-0.2, -0.15) is 5.10 Å². The Bertz CT molecular complexity index is 884. The first kappa shape index (κ1) is 14.6. The Balaban J connectivity index is 1.70. The number of nitrogens with zero attached hydrogens (tertiary/aromatic N) is 1. The maximum atomic E-state index is 12.1. The van der Waals surface area contributed by atoms with Crippen molar-refractivity contribution in [2.75, 3.05) is 7.11 Å². The quantitative estimate of drug-likeness (QED) is 0.511. The van der Waals surface area contributed by atoms with E-state index in [0.717, 1.165) is 10.9 Å². The van der Waals surface area contributed by atoms with Crippen molar-refractivity contribution in [1.82, 2.24) is 10.4 Å². The Hall–Kier alpha value is -3.28. The number of benzene rings is 2. The van der Waals surface area contributed by atoms with E-state index in [9.17, 15) is 9.90 Å². The zero-order valence-corrected chi connectivity index (χ0v) is 12.4. The van der Waals surface area contributed by atoms with E-state index in [2.05, 4.69) is 15.5 Å². The number of fused-ring (bicyclic) bond motifs is 1. The lowest BCUT2D eigenvalue weighted by atomic mass is 10.1. The summed E-state index contributed by atoms with van der Waals surface area (Å²) >= 11 is 0. The summed E-state index contributed by atoms with van der Waals surface area (Å²) in [4.78, 5) is 15.1. The second-order valence-electron chi connectivity index (χ2n) is 4.91. The minimum atomic E-state index is -0.302. The molecular formula is C17H15N3O3. The number of hydrogen-bond acceptors (Lipinski definition) is 4. The smallest absolute Gasteiger partial charge is 0.271 e. The molecule has 0 aliphatic carbocycles. The van der Waals surface area contributed by atoms with Crippen molar-refractivity contribution < 1.29 is 14.6 Å². The second kappa shape index (κ2) is 6.23. The van der Waals surface area contributed by atoms with E-state index in [4.69, 9.17) is 4.74 Å². The maximum Gasteiger partial charge on any atom is 0.271 e. The number of amides is 1. The topological polar surface area (TPSA) is 86.7 Å². The molecule has 0 bridgehead atoms. The summed E-state index contributed by atoms with van der Waals surface area (Å²) in [6.07, 6.45) is 3.30. The molecule has 23 heavy (non-hydrogen) atoms. The van der Waals surface area contributed by atoms with Gasteiger partial charge in [-0.1, -0.05) is 6.07 Å². The molecule has 0 atom stereocenters. The van der Waals surface area contributed by atoms with Crippen LogP contribution in [0.25, 0.3) is 10.9 Å². The van der Waals surface area contributed by atoms with Crippen LogP contribution < -0.4 is 10.2 Å². The molecule has 1 amide bonds. The van der Waals surface area contributed by atoms with Gasteiger partial charge in [-0.25, -0.2) is 5.43 Å². The van der Waals surface area contributed by atoms with E-state index in [-0.39, 0.29) is 11.7 Å². The van der Waals surface area contributed by atoms with Gasteiger partial charge in [-0.05, 0) is 47.3 Å². The third-order valence-corrected chi connectivity index (χ3v) is 3.40. The van der Waals surface area contributed by atoms with Gasteiger partial charge in [0.05, 0.1) is 13.3 Å². The second-order valence-corrected chi connectivity index (χ2v) is 4.91. The molecule has 3 N–H and O–H groups in total. The number of carbonyl (C=O) groups is 1. The van der Waals surface area contributed by atoms with E-state index in [1.165, 1.54) is 19.4 Å². The van der Waals surface area contributed by atoms with Crippen molar-refractivity contribution in [2.24, 2.45) is 5.10 Å². The molecule has 0 saturated heterocycles. The maximum absolute atomic E-state index is 12.1. The average Bonchev–Trinajstić information content (AvgIpc) is 3.03. The van der Waals surface area contributed by atoms with Gasteiger partial charge in [-0.15, -0.1) is 0 Å². The highest BCUT2D eigenvalue weighted by molar-refractivity contribution is 5.98. The lowest BCUT2D eigenvalue weighted by Gasteiger charge is -2.03. The summed E-state index contributed by atoms with van der Waals surface area (Å²) in [6.45, 7) is 0. The molecular weight excluding hydrogens is 294 g/mol. The number of nitrogens with one attached hydrogen (secondary N) is 2. The molecule has 0 radical (unpaired) electrons. The van der Waals surface area contributed by atoms with Crippen LogP contribution in [0.4, 0.5) is 0 Å². The predicted octanol–water partition coefficient (Wildman–Crippen LogP) is 2.65. The number of aromatic nitrogens is 1. The molecule has 116 valence electrons. The van der Waals surface area contributed by atoms with Crippen molar-refractivity contribution in [3.8, 4) is 11.5 Å². The highest BCUT2D eigenvalue weighted by atomic mass is 16.5. The van der Waals surface area contributed by atoms with E-state index in [0.29, 0.717) is 16.9 Å². The lowest BCUT2D eigenvalue weighted by molar-refractivity contribution is 0.0955. The van der Waals surface area contributed by atoms with Gasteiger partial charge in [-0.3, -0.25) is 4.79 Å². The summed E-state index contributed by atoms with van der Waals surface area (Å²) in [5, 5.41) is 14.5. The summed E-state index contributed by atoms with van der Waals surface area (Å²) in [7, 11) is 1.47. The minimum Gasteiger partial charge on any atom is -0.504 e. The van der Waals surface area contributed by atoms with Gasteiger partial charge in [0.25, 0.3) is 5.91 Å². The number of H-pyrrole nitrogens is 1. The Kier molecular flexibility index (Phi) is 3.97. The van der Waals surface area contributed by atoms with Gasteiger partial charge < -0.3 is 14.8 Å². The molecule has 0 aliphatic heterocycles. The molecule has 1 aromatic heterocycles. The summed E-state index contributed by atoms with van der Waals surface area (Å²) in [6, 6.07) is 12.1. The van der Waals surface area contributed by atoms with Crippen molar-refractivity contribution in [1.29, 1.82) is 0 Å². The number of aromatic amines is 1. The Labute approximate surface area is 132 Å². The molecule has 0 spiro atoms. The number of methoxy groups -OCH3 is 1. The zero-order chi connectivity index (χ0) is 16.2. The molecule has 0 aliphatic rings. The summed E-state index contributed by atoms with van der Waals surface area (Å²) in [5.74, 6) is 0.0916. The standard InChI is InChI=1S/C17H15N3O3/c1-23-16-8-11(2-5-15(16)21)10-19-20-17(22)13-4-3-12-6-7-18-14(12)9-13/h2-10,18,21H,1H3,(H,20,22). The van der Waals surface area contributed by atoms with Crippen molar-refractivity contribution in [3.05, 3.63) is 59.8 Å². The van der Waals surface area contributed by atoms with E-state index in [1.807, 2.05) is 18.3 Å². The normalized spacial score (nSPS) is 11.0. The largest absolute Gasteiger partial charge is 0.504 e. The molecule has 3 aromatic rings. The highest BCUT2D eigenvalue weighted by Gasteiger charge is 2.06. The fraction of sp³-hybridized carbons (Fsp3) is 0.0588. The number of hydrazone groups is 1. The number of rotatable bonds is 4. The minimum absolute atomic E-state index is 0.0490.